The van der Waals surface area contributed by atoms with Gasteiger partial charge in [-0.2, -0.15) is 0 Å². The molecule has 1 fully saturated rings. The van der Waals surface area contributed by atoms with Crippen molar-refractivity contribution in [1.82, 2.24) is 10.3 Å². The van der Waals surface area contributed by atoms with Gasteiger partial charge in [-0.05, 0) is 48.7 Å². The quantitative estimate of drug-likeness (QED) is 0.813. The minimum atomic E-state index is -0.248. The summed E-state index contributed by atoms with van der Waals surface area (Å²) in [6.45, 7) is 2.13. The number of amides is 2. The second kappa shape index (κ2) is 8.29. The maximum atomic E-state index is 12.0. The predicted octanol–water partition coefficient (Wildman–Crippen LogP) is 2.69. The van der Waals surface area contributed by atoms with Crippen LogP contribution in [0.15, 0.2) is 48.7 Å². The van der Waals surface area contributed by atoms with Crippen molar-refractivity contribution in [1.29, 1.82) is 0 Å². The molecule has 0 unspecified atom stereocenters. The molecule has 6 nitrogen and oxygen atoms in total. The van der Waals surface area contributed by atoms with Crippen molar-refractivity contribution < 1.29 is 9.59 Å². The van der Waals surface area contributed by atoms with Gasteiger partial charge in [-0.3, -0.25) is 9.59 Å². The van der Waals surface area contributed by atoms with Gasteiger partial charge in [0.1, 0.15) is 5.82 Å². The number of benzene rings is 1. The summed E-state index contributed by atoms with van der Waals surface area (Å²) in [7, 11) is 1.59. The van der Waals surface area contributed by atoms with Crippen molar-refractivity contribution in [3.05, 3.63) is 59.8 Å². The summed E-state index contributed by atoms with van der Waals surface area (Å²) in [5.74, 6) is 0.140. The molecule has 1 aromatic carbocycles. The third kappa shape index (κ3) is 4.47. The molecule has 0 bridgehead atoms. The van der Waals surface area contributed by atoms with E-state index in [2.05, 4.69) is 20.5 Å². The number of carbonyl (C=O) groups is 2. The van der Waals surface area contributed by atoms with Crippen LogP contribution >= 0.6 is 0 Å². The maximum Gasteiger partial charge on any atom is 0.251 e. The molecule has 2 heterocycles. The summed E-state index contributed by atoms with van der Waals surface area (Å²) in [4.78, 5) is 30.1. The van der Waals surface area contributed by atoms with E-state index < -0.39 is 0 Å². The maximum absolute atomic E-state index is 12.0. The van der Waals surface area contributed by atoms with Crippen molar-refractivity contribution in [3.63, 3.8) is 0 Å². The Balaban J connectivity index is 1.56. The molecule has 134 valence electrons. The number of carbonyl (C=O) groups excluding carboxylic acids is 2. The zero-order chi connectivity index (χ0) is 18.4. The third-order valence-electron chi connectivity index (χ3n) is 4.30. The molecule has 0 aliphatic carbocycles. The van der Waals surface area contributed by atoms with Gasteiger partial charge in [0.05, 0.1) is 11.9 Å². The highest BCUT2D eigenvalue weighted by Crippen LogP contribution is 2.20. The fourth-order valence-corrected chi connectivity index (χ4v) is 2.85. The van der Waals surface area contributed by atoms with Crippen LogP contribution in [0.3, 0.4) is 0 Å². The Hall–Kier alpha value is -3.15. The summed E-state index contributed by atoms with van der Waals surface area (Å²) < 4.78 is 0. The average Bonchev–Trinajstić information content (AvgIpc) is 3.21. The molecule has 2 N–H and O–H groups in total. The lowest BCUT2D eigenvalue weighted by atomic mass is 10.1. The Bertz CT molecular complexity index is 792. The average molecular weight is 350 g/mol. The van der Waals surface area contributed by atoms with E-state index in [1.54, 1.807) is 43.6 Å². The normalized spacial score (nSPS) is 13.8. The van der Waals surface area contributed by atoms with E-state index in [1.807, 2.05) is 12.1 Å². The van der Waals surface area contributed by atoms with Crippen molar-refractivity contribution in [2.24, 2.45) is 0 Å². The lowest BCUT2D eigenvalue weighted by Gasteiger charge is -2.16. The van der Waals surface area contributed by atoms with Crippen molar-refractivity contribution >= 4 is 29.4 Å². The van der Waals surface area contributed by atoms with Crippen molar-refractivity contribution in [2.75, 3.05) is 30.4 Å². The summed E-state index contributed by atoms with van der Waals surface area (Å²) >= 11 is 0. The second-order valence-corrected chi connectivity index (χ2v) is 6.12. The molecule has 0 saturated carbocycles. The number of nitrogens with zero attached hydrogens (tertiary/aromatic N) is 2. The fraction of sp³-hybridized carbons (Fsp3) is 0.250. The Morgan fingerprint density at radius 2 is 1.81 bits per heavy atom. The van der Waals surface area contributed by atoms with Crippen molar-refractivity contribution in [2.45, 2.75) is 12.8 Å². The highest BCUT2D eigenvalue weighted by molar-refractivity contribution is 6.01. The fourth-order valence-electron chi connectivity index (χ4n) is 2.85. The van der Waals surface area contributed by atoms with Gasteiger partial charge in [-0.25, -0.2) is 4.98 Å². The third-order valence-corrected chi connectivity index (χ3v) is 4.30. The summed E-state index contributed by atoms with van der Waals surface area (Å²) in [5.41, 5.74) is 2.51. The smallest absolute Gasteiger partial charge is 0.251 e. The largest absolute Gasteiger partial charge is 0.370 e. The monoisotopic (exact) mass is 350 g/mol. The van der Waals surface area contributed by atoms with Gasteiger partial charge < -0.3 is 15.5 Å². The highest BCUT2D eigenvalue weighted by atomic mass is 16.2. The van der Waals surface area contributed by atoms with Gasteiger partial charge in [0.2, 0.25) is 5.91 Å². The summed E-state index contributed by atoms with van der Waals surface area (Å²) in [5, 5.41) is 5.32. The molecule has 0 radical (unpaired) electrons. The van der Waals surface area contributed by atoms with E-state index in [-0.39, 0.29) is 11.8 Å². The minimum absolute atomic E-state index is 0.137. The first-order chi connectivity index (χ1) is 12.7. The molecule has 2 amide bonds. The number of hydrogen-bond acceptors (Lipinski definition) is 4. The van der Waals surface area contributed by atoms with Gasteiger partial charge in [-0.1, -0.05) is 12.1 Å². The molecule has 26 heavy (non-hydrogen) atoms. The molecule has 1 aliphatic rings. The molecular formula is C20H22N4O2. The van der Waals surface area contributed by atoms with Crippen LogP contribution in [0, 0.1) is 0 Å². The van der Waals surface area contributed by atoms with Gasteiger partial charge in [0, 0.05) is 31.8 Å². The molecule has 0 spiro atoms. The van der Waals surface area contributed by atoms with E-state index in [0.717, 1.165) is 24.3 Å². The van der Waals surface area contributed by atoms with Gasteiger partial charge in [-0.15, -0.1) is 0 Å². The van der Waals surface area contributed by atoms with Gasteiger partial charge in [0.15, 0.2) is 0 Å². The zero-order valence-electron chi connectivity index (χ0n) is 14.7. The Morgan fingerprint density at radius 1 is 1.08 bits per heavy atom. The molecule has 1 aliphatic heterocycles. The standard InChI is InChI=1S/C20H22N4O2/c1-21-20(26)16-7-4-15(5-8-16)6-11-19(25)23-18-10-9-17(14-22-18)24-12-2-3-13-24/h4-11,14H,2-3,12-13H2,1H3,(H,21,26)(H,22,23,25)/b11-6+. The zero-order valence-corrected chi connectivity index (χ0v) is 14.7. The molecule has 1 aromatic heterocycles. The Kier molecular flexibility index (Phi) is 5.63. The van der Waals surface area contributed by atoms with Crippen molar-refractivity contribution in [3.8, 4) is 0 Å². The van der Waals surface area contributed by atoms with Crippen LogP contribution in [0.2, 0.25) is 0 Å². The lowest BCUT2D eigenvalue weighted by molar-refractivity contribution is -0.111. The number of anilines is 2. The first-order valence-corrected chi connectivity index (χ1v) is 8.68. The first kappa shape index (κ1) is 17.7. The molecule has 6 heteroatoms. The lowest BCUT2D eigenvalue weighted by Crippen LogP contribution is -2.18. The van der Waals surface area contributed by atoms with E-state index >= 15 is 0 Å². The molecule has 1 saturated heterocycles. The topological polar surface area (TPSA) is 74.3 Å². The van der Waals surface area contributed by atoms with Gasteiger partial charge in [0.25, 0.3) is 5.91 Å². The van der Waals surface area contributed by atoms with Crippen LogP contribution in [0.1, 0.15) is 28.8 Å². The van der Waals surface area contributed by atoms with E-state index in [1.165, 1.54) is 18.9 Å². The summed E-state index contributed by atoms with van der Waals surface area (Å²) in [6.07, 6.45) is 7.37. The molecule has 2 aromatic rings. The van der Waals surface area contributed by atoms with Crippen LogP contribution in [0.4, 0.5) is 11.5 Å². The van der Waals surface area contributed by atoms with Crippen LogP contribution in [0.25, 0.3) is 6.08 Å². The second-order valence-electron chi connectivity index (χ2n) is 6.12. The van der Waals surface area contributed by atoms with E-state index in [4.69, 9.17) is 0 Å². The SMILES string of the molecule is CNC(=O)c1ccc(/C=C/C(=O)Nc2ccc(N3CCCC3)cn2)cc1. The van der Waals surface area contributed by atoms with Crippen LogP contribution < -0.4 is 15.5 Å². The number of rotatable bonds is 5. The Labute approximate surface area is 152 Å². The minimum Gasteiger partial charge on any atom is -0.370 e. The van der Waals surface area contributed by atoms with Crippen LogP contribution in [0.5, 0.6) is 0 Å². The molecule has 3 rings (SSSR count). The predicted molar refractivity (Wildman–Crippen MR) is 103 cm³/mol. The van der Waals surface area contributed by atoms with Gasteiger partial charge >= 0.3 is 0 Å². The summed E-state index contributed by atoms with van der Waals surface area (Å²) in [6, 6.07) is 10.8. The number of pyridine rings is 1. The number of nitrogens with one attached hydrogen (secondary N) is 2. The molecular weight excluding hydrogens is 328 g/mol. The Morgan fingerprint density at radius 3 is 2.42 bits per heavy atom. The van der Waals surface area contributed by atoms with E-state index in [9.17, 15) is 9.59 Å². The number of aromatic nitrogens is 1. The van der Waals surface area contributed by atoms with Crippen LogP contribution in [-0.2, 0) is 4.79 Å². The van der Waals surface area contributed by atoms with E-state index in [0.29, 0.717) is 11.4 Å². The molecule has 0 atom stereocenters. The first-order valence-electron chi connectivity index (χ1n) is 8.68. The number of hydrogen-bond donors (Lipinski definition) is 2. The van der Waals surface area contributed by atoms with Crippen LogP contribution in [-0.4, -0.2) is 36.9 Å². The highest BCUT2D eigenvalue weighted by Gasteiger charge is 2.12.